The van der Waals surface area contributed by atoms with Crippen molar-refractivity contribution >= 4 is 17.5 Å². The zero-order valence-corrected chi connectivity index (χ0v) is 13.0. The normalized spacial score (nSPS) is 19.9. The summed E-state index contributed by atoms with van der Waals surface area (Å²) in [6.45, 7) is 2.27. The highest BCUT2D eigenvalue weighted by Crippen LogP contribution is 2.30. The van der Waals surface area contributed by atoms with E-state index in [-0.39, 0.29) is 11.6 Å². The van der Waals surface area contributed by atoms with E-state index in [9.17, 15) is 18.4 Å². The fraction of sp³-hybridized carbons (Fsp3) is 0.222. The van der Waals surface area contributed by atoms with Gasteiger partial charge in [-0.05, 0) is 24.6 Å². The first-order valence-electron chi connectivity index (χ1n) is 7.56. The van der Waals surface area contributed by atoms with Crippen molar-refractivity contribution in [3.05, 3.63) is 65.2 Å². The fourth-order valence-electron chi connectivity index (χ4n) is 2.86. The summed E-state index contributed by atoms with van der Waals surface area (Å²) in [5.41, 5.74) is 1.64. The van der Waals surface area contributed by atoms with Crippen LogP contribution in [0.1, 0.15) is 17.0 Å². The molecule has 1 heterocycles. The van der Waals surface area contributed by atoms with E-state index in [0.29, 0.717) is 6.54 Å². The summed E-state index contributed by atoms with van der Waals surface area (Å²) in [6, 6.07) is 11.0. The molecule has 2 unspecified atom stereocenters. The van der Waals surface area contributed by atoms with Gasteiger partial charge in [-0.25, -0.2) is 8.78 Å². The van der Waals surface area contributed by atoms with Crippen LogP contribution in [-0.4, -0.2) is 18.4 Å². The molecule has 24 heavy (non-hydrogen) atoms. The van der Waals surface area contributed by atoms with Crippen LogP contribution in [0.5, 0.6) is 0 Å². The zero-order valence-electron chi connectivity index (χ0n) is 13.0. The van der Waals surface area contributed by atoms with Gasteiger partial charge >= 0.3 is 0 Å². The summed E-state index contributed by atoms with van der Waals surface area (Å²) < 4.78 is 27.0. The Balaban J connectivity index is 1.85. The topological polar surface area (TPSA) is 58.2 Å². The number of carbonyl (C=O) groups excluding carboxylic acids is 2. The number of hydrogen-bond acceptors (Lipinski definition) is 2. The van der Waals surface area contributed by atoms with Crippen molar-refractivity contribution < 1.29 is 18.4 Å². The van der Waals surface area contributed by atoms with Crippen LogP contribution >= 0.6 is 0 Å². The molecular formula is C18H16F2N2O2. The van der Waals surface area contributed by atoms with E-state index in [1.807, 2.05) is 31.2 Å². The summed E-state index contributed by atoms with van der Waals surface area (Å²) in [6.07, 6.45) is 0. The van der Waals surface area contributed by atoms with Gasteiger partial charge in [-0.1, -0.05) is 35.9 Å². The first kappa shape index (κ1) is 16.1. The Hall–Kier alpha value is -2.76. The maximum absolute atomic E-state index is 13.7. The molecule has 0 radical (unpaired) electrons. The Kier molecular flexibility index (Phi) is 4.29. The van der Waals surface area contributed by atoms with E-state index in [4.69, 9.17) is 0 Å². The monoisotopic (exact) mass is 330 g/mol. The van der Waals surface area contributed by atoms with E-state index in [2.05, 4.69) is 10.6 Å². The molecule has 2 N–H and O–H groups in total. The van der Waals surface area contributed by atoms with Crippen LogP contribution in [0.2, 0.25) is 0 Å². The van der Waals surface area contributed by atoms with Gasteiger partial charge in [-0.2, -0.15) is 0 Å². The van der Waals surface area contributed by atoms with Gasteiger partial charge < -0.3 is 10.6 Å². The molecule has 0 spiro atoms. The molecule has 2 aromatic carbocycles. The SMILES string of the molecule is Cc1ccc(C2CNC(=O)C2C(=O)Nc2cccc(F)c2F)cc1. The number of amides is 2. The summed E-state index contributed by atoms with van der Waals surface area (Å²) in [5.74, 6) is -4.62. The molecule has 6 heteroatoms. The van der Waals surface area contributed by atoms with E-state index < -0.39 is 29.4 Å². The Labute approximate surface area is 137 Å². The van der Waals surface area contributed by atoms with Crippen molar-refractivity contribution in [1.29, 1.82) is 0 Å². The maximum Gasteiger partial charge on any atom is 0.237 e. The summed E-state index contributed by atoms with van der Waals surface area (Å²) in [5, 5.41) is 4.98. The first-order chi connectivity index (χ1) is 11.5. The standard InChI is InChI=1S/C18H16F2N2O2/c1-10-5-7-11(8-6-10)12-9-21-17(23)15(12)18(24)22-14-4-2-3-13(19)16(14)20/h2-8,12,15H,9H2,1H3,(H,21,23)(H,22,24). The van der Waals surface area contributed by atoms with Gasteiger partial charge in [0.05, 0.1) is 5.69 Å². The van der Waals surface area contributed by atoms with Gasteiger partial charge in [0.1, 0.15) is 5.92 Å². The molecule has 2 atom stereocenters. The van der Waals surface area contributed by atoms with Gasteiger partial charge in [0.25, 0.3) is 0 Å². The smallest absolute Gasteiger partial charge is 0.237 e. The van der Waals surface area contributed by atoms with Crippen LogP contribution in [0.4, 0.5) is 14.5 Å². The molecule has 0 aromatic heterocycles. The van der Waals surface area contributed by atoms with Crippen molar-refractivity contribution in [1.82, 2.24) is 5.32 Å². The number of rotatable bonds is 3. The van der Waals surface area contributed by atoms with Gasteiger partial charge in [0, 0.05) is 12.5 Å². The molecule has 1 fully saturated rings. The van der Waals surface area contributed by atoms with Crippen molar-refractivity contribution in [2.75, 3.05) is 11.9 Å². The average molecular weight is 330 g/mol. The summed E-state index contributed by atoms with van der Waals surface area (Å²) >= 11 is 0. The quantitative estimate of drug-likeness (QED) is 0.850. The third-order valence-electron chi connectivity index (χ3n) is 4.18. The van der Waals surface area contributed by atoms with E-state index in [1.54, 1.807) is 0 Å². The van der Waals surface area contributed by atoms with Gasteiger partial charge in [0.15, 0.2) is 11.6 Å². The van der Waals surface area contributed by atoms with Crippen LogP contribution < -0.4 is 10.6 Å². The molecule has 1 aliphatic heterocycles. The Morgan fingerprint density at radius 1 is 1.17 bits per heavy atom. The van der Waals surface area contributed by atoms with E-state index >= 15 is 0 Å². The van der Waals surface area contributed by atoms with Crippen molar-refractivity contribution in [3.8, 4) is 0 Å². The Morgan fingerprint density at radius 2 is 1.88 bits per heavy atom. The third kappa shape index (κ3) is 2.99. The van der Waals surface area contributed by atoms with Crippen molar-refractivity contribution in [2.45, 2.75) is 12.8 Å². The lowest BCUT2D eigenvalue weighted by atomic mass is 9.87. The molecule has 124 valence electrons. The minimum Gasteiger partial charge on any atom is -0.355 e. The molecule has 0 saturated carbocycles. The van der Waals surface area contributed by atoms with Gasteiger partial charge in [-0.15, -0.1) is 0 Å². The molecule has 2 amide bonds. The molecule has 0 bridgehead atoms. The number of benzene rings is 2. The predicted octanol–water partition coefficient (Wildman–Crippen LogP) is 2.74. The second kappa shape index (κ2) is 6.39. The van der Waals surface area contributed by atoms with E-state index in [1.165, 1.54) is 12.1 Å². The summed E-state index contributed by atoms with van der Waals surface area (Å²) in [7, 11) is 0. The minimum atomic E-state index is -1.14. The lowest BCUT2D eigenvalue weighted by Gasteiger charge is -2.17. The highest BCUT2D eigenvalue weighted by Gasteiger charge is 2.41. The number of nitrogens with one attached hydrogen (secondary N) is 2. The van der Waals surface area contributed by atoms with Crippen LogP contribution in [0.15, 0.2) is 42.5 Å². The number of carbonyl (C=O) groups is 2. The fourth-order valence-corrected chi connectivity index (χ4v) is 2.86. The second-order valence-electron chi connectivity index (χ2n) is 5.83. The van der Waals surface area contributed by atoms with Crippen LogP contribution in [0.25, 0.3) is 0 Å². The number of hydrogen-bond donors (Lipinski definition) is 2. The van der Waals surface area contributed by atoms with Gasteiger partial charge in [-0.3, -0.25) is 9.59 Å². The number of anilines is 1. The van der Waals surface area contributed by atoms with E-state index in [0.717, 1.165) is 17.2 Å². The third-order valence-corrected chi connectivity index (χ3v) is 4.18. The highest BCUT2D eigenvalue weighted by atomic mass is 19.2. The maximum atomic E-state index is 13.7. The first-order valence-corrected chi connectivity index (χ1v) is 7.56. The lowest BCUT2D eigenvalue weighted by Crippen LogP contribution is -2.32. The average Bonchev–Trinajstić information content (AvgIpc) is 2.94. The molecule has 4 nitrogen and oxygen atoms in total. The minimum absolute atomic E-state index is 0.276. The predicted molar refractivity (Wildman–Crippen MR) is 85.4 cm³/mol. The molecule has 1 aliphatic rings. The molecule has 0 aliphatic carbocycles. The molecule has 1 saturated heterocycles. The Morgan fingerprint density at radius 3 is 2.58 bits per heavy atom. The largest absolute Gasteiger partial charge is 0.355 e. The lowest BCUT2D eigenvalue weighted by molar-refractivity contribution is -0.130. The zero-order chi connectivity index (χ0) is 17.3. The number of halogens is 2. The molecular weight excluding hydrogens is 314 g/mol. The van der Waals surface area contributed by atoms with Crippen molar-refractivity contribution in [2.24, 2.45) is 5.92 Å². The molecule has 3 rings (SSSR count). The molecule has 2 aromatic rings. The Bertz CT molecular complexity index is 790. The second-order valence-corrected chi connectivity index (χ2v) is 5.83. The summed E-state index contributed by atoms with van der Waals surface area (Å²) in [4.78, 5) is 24.5. The van der Waals surface area contributed by atoms with Crippen molar-refractivity contribution in [3.63, 3.8) is 0 Å². The highest BCUT2D eigenvalue weighted by molar-refractivity contribution is 6.08. The number of aryl methyl sites for hydroxylation is 1. The van der Waals surface area contributed by atoms with Crippen LogP contribution in [0, 0.1) is 24.5 Å². The van der Waals surface area contributed by atoms with Crippen LogP contribution in [-0.2, 0) is 9.59 Å². The van der Waals surface area contributed by atoms with Crippen LogP contribution in [0.3, 0.4) is 0 Å². The van der Waals surface area contributed by atoms with Gasteiger partial charge in [0.2, 0.25) is 11.8 Å².